The van der Waals surface area contributed by atoms with Crippen molar-refractivity contribution >= 4 is 39.7 Å². The first kappa shape index (κ1) is 29.3. The zero-order valence-electron chi connectivity index (χ0n) is 24.4. The van der Waals surface area contributed by atoms with Gasteiger partial charge in [-0.15, -0.1) is 0 Å². The van der Waals surface area contributed by atoms with E-state index in [1.807, 2.05) is 13.8 Å². The summed E-state index contributed by atoms with van der Waals surface area (Å²) in [6.07, 6.45) is 2.51. The van der Waals surface area contributed by atoms with Crippen LogP contribution in [0.2, 0.25) is 0 Å². The number of ether oxygens (including phenoxy) is 3. The molecule has 220 valence electrons. The van der Waals surface area contributed by atoms with Crippen molar-refractivity contribution in [3.05, 3.63) is 69.2 Å². The van der Waals surface area contributed by atoms with Crippen LogP contribution in [0.3, 0.4) is 0 Å². The molecule has 1 saturated heterocycles. The number of aliphatic hydroxyl groups excluding tert-OH is 1. The molecule has 3 aromatic rings. The van der Waals surface area contributed by atoms with Crippen molar-refractivity contribution < 1.29 is 33.7 Å². The van der Waals surface area contributed by atoms with E-state index in [4.69, 9.17) is 14.2 Å². The second kappa shape index (κ2) is 12.0. The number of anilines is 1. The molecule has 1 N–H and O–H groups in total. The van der Waals surface area contributed by atoms with E-state index in [0.29, 0.717) is 52.8 Å². The van der Waals surface area contributed by atoms with Gasteiger partial charge in [-0.2, -0.15) is 0 Å². The van der Waals surface area contributed by atoms with Crippen LogP contribution in [-0.2, 0) is 16.0 Å². The molecule has 1 aromatic heterocycles. The molecule has 42 heavy (non-hydrogen) atoms. The molecule has 0 aliphatic carbocycles. The molecular formula is C32H34N2O7S. The van der Waals surface area contributed by atoms with E-state index in [1.165, 1.54) is 11.8 Å². The molecule has 0 spiro atoms. The van der Waals surface area contributed by atoms with Crippen LogP contribution < -0.4 is 19.1 Å². The SMILES string of the molecule is CCCCOc1ccc(C2/C(=C(/O)c3ccc4c(c3)CC(C)O4)C(=O)C(=O)N2c2nc(C)c(C(C)=O)s2)cc1OCC. The van der Waals surface area contributed by atoms with E-state index in [1.54, 1.807) is 43.3 Å². The van der Waals surface area contributed by atoms with Crippen LogP contribution in [0.1, 0.15) is 78.6 Å². The second-order valence-corrected chi connectivity index (χ2v) is 11.4. The minimum atomic E-state index is -1.03. The molecule has 5 rings (SSSR count). The van der Waals surface area contributed by atoms with Crippen molar-refractivity contribution in [3.8, 4) is 17.2 Å². The van der Waals surface area contributed by atoms with E-state index >= 15 is 0 Å². The number of fused-ring (bicyclic) bond motifs is 1. The van der Waals surface area contributed by atoms with Crippen molar-refractivity contribution in [3.63, 3.8) is 0 Å². The highest BCUT2D eigenvalue weighted by atomic mass is 32.1. The van der Waals surface area contributed by atoms with Crippen LogP contribution in [0.5, 0.6) is 17.2 Å². The van der Waals surface area contributed by atoms with Gasteiger partial charge in [-0.3, -0.25) is 19.3 Å². The molecule has 9 nitrogen and oxygen atoms in total. The van der Waals surface area contributed by atoms with Crippen molar-refractivity contribution in [2.75, 3.05) is 18.1 Å². The molecular weight excluding hydrogens is 556 g/mol. The van der Waals surface area contributed by atoms with Crippen molar-refractivity contribution in [2.24, 2.45) is 0 Å². The number of amides is 1. The lowest BCUT2D eigenvalue weighted by Gasteiger charge is -2.24. The fourth-order valence-corrected chi connectivity index (χ4v) is 6.28. The number of Topliss-reactive ketones (excluding diaryl/α,β-unsaturated/α-hetero) is 2. The number of carbonyl (C=O) groups excluding carboxylic acids is 3. The summed E-state index contributed by atoms with van der Waals surface area (Å²) in [6.45, 7) is 9.89. The summed E-state index contributed by atoms with van der Waals surface area (Å²) < 4.78 is 17.6. The van der Waals surface area contributed by atoms with E-state index < -0.39 is 17.7 Å². The molecule has 2 aromatic carbocycles. The molecule has 10 heteroatoms. The van der Waals surface area contributed by atoms with Gasteiger partial charge < -0.3 is 19.3 Å². The highest BCUT2D eigenvalue weighted by Gasteiger charge is 2.48. The maximum atomic E-state index is 13.7. The van der Waals surface area contributed by atoms with Crippen molar-refractivity contribution in [1.29, 1.82) is 0 Å². The quantitative estimate of drug-likeness (QED) is 0.0979. The van der Waals surface area contributed by atoms with Crippen LogP contribution in [0.4, 0.5) is 5.13 Å². The number of benzene rings is 2. The number of aliphatic hydroxyl groups is 1. The smallest absolute Gasteiger partial charge is 0.301 e. The highest BCUT2D eigenvalue weighted by Crippen LogP contribution is 2.46. The van der Waals surface area contributed by atoms with Crippen LogP contribution in [0.25, 0.3) is 5.76 Å². The number of carbonyl (C=O) groups is 3. The number of nitrogens with zero attached hydrogens (tertiary/aromatic N) is 2. The summed E-state index contributed by atoms with van der Waals surface area (Å²) >= 11 is 1.04. The molecule has 0 saturated carbocycles. The summed E-state index contributed by atoms with van der Waals surface area (Å²) in [4.78, 5) is 45.7. The van der Waals surface area contributed by atoms with Gasteiger partial charge in [-0.1, -0.05) is 30.7 Å². The highest BCUT2D eigenvalue weighted by molar-refractivity contribution is 7.18. The van der Waals surface area contributed by atoms with Gasteiger partial charge in [0, 0.05) is 18.9 Å². The monoisotopic (exact) mass is 590 g/mol. The number of ketones is 2. The van der Waals surface area contributed by atoms with Crippen LogP contribution in [0.15, 0.2) is 42.0 Å². The second-order valence-electron chi connectivity index (χ2n) is 10.4. The van der Waals surface area contributed by atoms with Gasteiger partial charge in [0.2, 0.25) is 0 Å². The Hall–Kier alpha value is -4.18. The molecule has 2 atom stereocenters. The first-order valence-corrected chi connectivity index (χ1v) is 14.9. The fraction of sp³-hybridized carbons (Fsp3) is 0.375. The average Bonchev–Trinajstić information content (AvgIpc) is 3.61. The Bertz CT molecular complexity index is 1590. The molecule has 2 unspecified atom stereocenters. The number of hydrogen-bond donors (Lipinski definition) is 1. The number of rotatable bonds is 10. The Balaban J connectivity index is 1.68. The number of unbranched alkanes of at least 4 members (excludes halogenated alkanes) is 1. The van der Waals surface area contributed by atoms with Gasteiger partial charge in [0.05, 0.1) is 35.4 Å². The van der Waals surface area contributed by atoms with E-state index in [9.17, 15) is 19.5 Å². The van der Waals surface area contributed by atoms with E-state index in [2.05, 4.69) is 11.9 Å². The average molecular weight is 591 g/mol. The normalized spacial score (nSPS) is 19.1. The third-order valence-corrected chi connectivity index (χ3v) is 8.52. The number of hydrogen-bond acceptors (Lipinski definition) is 9. The molecule has 2 aliphatic heterocycles. The Labute approximate surface area is 248 Å². The van der Waals surface area contributed by atoms with E-state index in [0.717, 1.165) is 35.5 Å². The lowest BCUT2D eigenvalue weighted by atomic mass is 9.94. The van der Waals surface area contributed by atoms with Gasteiger partial charge >= 0.3 is 5.91 Å². The first-order chi connectivity index (χ1) is 20.1. The number of aryl methyl sites for hydroxylation is 1. The summed E-state index contributed by atoms with van der Waals surface area (Å²) in [7, 11) is 0. The standard InChI is InChI=1S/C32H34N2O7S/c1-6-8-13-40-24-12-9-20(16-25(24)39-7-2)27-26(28(36)21-10-11-23-22(15-21)14-17(3)41-23)29(37)31(38)34(27)32-33-18(4)30(42-32)19(5)35/h9-12,15-17,27,36H,6-8,13-14H2,1-5H3/b28-26-. The minimum Gasteiger partial charge on any atom is -0.507 e. The molecule has 3 heterocycles. The zero-order chi connectivity index (χ0) is 30.1. The van der Waals surface area contributed by atoms with Crippen LogP contribution >= 0.6 is 11.3 Å². The topological polar surface area (TPSA) is 115 Å². The maximum Gasteiger partial charge on any atom is 0.301 e. The summed E-state index contributed by atoms with van der Waals surface area (Å²) in [6, 6.07) is 9.43. The van der Waals surface area contributed by atoms with Crippen LogP contribution in [0, 0.1) is 6.92 Å². The largest absolute Gasteiger partial charge is 0.507 e. The molecule has 1 fully saturated rings. The minimum absolute atomic E-state index is 0.00152. The lowest BCUT2D eigenvalue weighted by Crippen LogP contribution is -2.29. The van der Waals surface area contributed by atoms with Gasteiger partial charge in [-0.25, -0.2) is 4.98 Å². The zero-order valence-corrected chi connectivity index (χ0v) is 25.2. The summed E-state index contributed by atoms with van der Waals surface area (Å²) in [5.74, 6) is -0.449. The fourth-order valence-electron chi connectivity index (χ4n) is 5.29. The number of aromatic nitrogens is 1. The molecule has 0 bridgehead atoms. The third kappa shape index (κ3) is 5.38. The van der Waals surface area contributed by atoms with Gasteiger partial charge in [0.1, 0.15) is 17.6 Å². The molecule has 1 amide bonds. The Morgan fingerprint density at radius 2 is 1.93 bits per heavy atom. The van der Waals surface area contributed by atoms with Crippen LogP contribution in [-0.4, -0.2) is 46.9 Å². The maximum absolute atomic E-state index is 13.7. The lowest BCUT2D eigenvalue weighted by molar-refractivity contribution is -0.132. The van der Waals surface area contributed by atoms with Crippen molar-refractivity contribution in [1.82, 2.24) is 4.98 Å². The predicted molar refractivity (Wildman–Crippen MR) is 160 cm³/mol. The molecule has 0 radical (unpaired) electrons. The predicted octanol–water partition coefficient (Wildman–Crippen LogP) is 6.18. The third-order valence-electron chi connectivity index (χ3n) is 7.26. The Morgan fingerprint density at radius 3 is 2.62 bits per heavy atom. The Kier molecular flexibility index (Phi) is 8.36. The number of thiazole rings is 1. The first-order valence-electron chi connectivity index (χ1n) is 14.1. The van der Waals surface area contributed by atoms with Crippen molar-refractivity contribution in [2.45, 2.75) is 66.0 Å². The van der Waals surface area contributed by atoms with E-state index in [-0.39, 0.29) is 28.4 Å². The molecule has 2 aliphatic rings. The van der Waals surface area contributed by atoms with Gasteiger partial charge in [0.15, 0.2) is 22.4 Å². The summed E-state index contributed by atoms with van der Waals surface area (Å²) in [5, 5.41) is 11.8. The summed E-state index contributed by atoms with van der Waals surface area (Å²) in [5.41, 5.74) is 2.22. The Morgan fingerprint density at radius 1 is 1.14 bits per heavy atom. The van der Waals surface area contributed by atoms with Gasteiger partial charge in [-0.05, 0) is 68.7 Å². The van der Waals surface area contributed by atoms with Gasteiger partial charge in [0.25, 0.3) is 5.78 Å².